The van der Waals surface area contributed by atoms with Gasteiger partial charge < -0.3 is 10.4 Å². The Balaban J connectivity index is 1.90. The van der Waals surface area contributed by atoms with E-state index in [9.17, 15) is 9.90 Å². The lowest BCUT2D eigenvalue weighted by Crippen LogP contribution is -2.08. The maximum absolute atomic E-state index is 11.3. The molecule has 6 heteroatoms. The fourth-order valence-corrected chi connectivity index (χ4v) is 3.20. The molecule has 0 spiro atoms. The number of hydrogen-bond donors (Lipinski definition) is 2. The summed E-state index contributed by atoms with van der Waals surface area (Å²) in [4.78, 5) is 15.4. The molecule has 3 heterocycles. The fourth-order valence-electron chi connectivity index (χ4n) is 3.20. The first-order chi connectivity index (χ1) is 12.2. The Hall–Kier alpha value is -3.15. The van der Waals surface area contributed by atoms with E-state index in [4.69, 9.17) is 5.10 Å². The molecule has 126 valence electrons. The van der Waals surface area contributed by atoms with Gasteiger partial charge in [0.2, 0.25) is 0 Å². The van der Waals surface area contributed by atoms with Crippen molar-refractivity contribution in [3.05, 3.63) is 59.9 Å². The quantitative estimate of drug-likeness (QED) is 0.767. The molecule has 0 amide bonds. The SMILES string of the molecule is O=C(O)c1cccc(-n2nc(-c3ccncc3)c3c2NCCCC3)c1. The van der Waals surface area contributed by atoms with Gasteiger partial charge in [-0.15, -0.1) is 0 Å². The number of aromatic nitrogens is 3. The second-order valence-electron chi connectivity index (χ2n) is 6.06. The maximum Gasteiger partial charge on any atom is 0.335 e. The standard InChI is InChI=1S/C19H18N4O2/c24-19(25)14-4-3-5-15(12-14)23-18-16(6-1-2-9-21-18)17(22-23)13-7-10-20-11-8-13/h3-5,7-8,10-12,21H,1-2,6,9H2,(H,24,25). The van der Waals surface area contributed by atoms with E-state index >= 15 is 0 Å². The fraction of sp³-hybridized carbons (Fsp3) is 0.211. The van der Waals surface area contributed by atoms with Gasteiger partial charge in [0.1, 0.15) is 5.82 Å². The largest absolute Gasteiger partial charge is 0.478 e. The van der Waals surface area contributed by atoms with Crippen LogP contribution >= 0.6 is 0 Å². The van der Waals surface area contributed by atoms with E-state index < -0.39 is 5.97 Å². The van der Waals surface area contributed by atoms with E-state index in [0.717, 1.165) is 48.6 Å². The van der Waals surface area contributed by atoms with Gasteiger partial charge in [-0.3, -0.25) is 4.98 Å². The second-order valence-corrected chi connectivity index (χ2v) is 6.06. The Labute approximate surface area is 145 Å². The number of carboxylic acid groups (broad SMARTS) is 1. The third kappa shape index (κ3) is 2.87. The first-order valence-electron chi connectivity index (χ1n) is 8.34. The minimum Gasteiger partial charge on any atom is -0.478 e. The van der Waals surface area contributed by atoms with Gasteiger partial charge in [-0.05, 0) is 49.6 Å². The summed E-state index contributed by atoms with van der Waals surface area (Å²) in [5.41, 5.74) is 4.10. The molecular weight excluding hydrogens is 316 g/mol. The number of carbonyl (C=O) groups is 1. The van der Waals surface area contributed by atoms with Gasteiger partial charge in [-0.2, -0.15) is 5.10 Å². The normalized spacial score (nSPS) is 13.6. The van der Waals surface area contributed by atoms with Gasteiger partial charge in [0.05, 0.1) is 16.9 Å². The molecule has 2 aromatic heterocycles. The molecule has 0 saturated heterocycles. The Bertz CT molecular complexity index is 918. The summed E-state index contributed by atoms with van der Waals surface area (Å²) >= 11 is 0. The maximum atomic E-state index is 11.3. The van der Waals surface area contributed by atoms with E-state index in [1.54, 1.807) is 30.6 Å². The monoisotopic (exact) mass is 334 g/mol. The number of nitrogens with zero attached hydrogens (tertiary/aromatic N) is 3. The first kappa shape index (κ1) is 15.4. The van der Waals surface area contributed by atoms with Crippen LogP contribution in [-0.4, -0.2) is 32.4 Å². The number of nitrogens with one attached hydrogen (secondary N) is 1. The van der Waals surface area contributed by atoms with Crippen LogP contribution in [0.1, 0.15) is 28.8 Å². The molecular formula is C19H18N4O2. The lowest BCUT2D eigenvalue weighted by atomic mass is 10.0. The minimum atomic E-state index is -0.942. The Morgan fingerprint density at radius 3 is 2.80 bits per heavy atom. The summed E-state index contributed by atoms with van der Waals surface area (Å²) in [5.74, 6) is 0.00858. The van der Waals surface area contributed by atoms with Gasteiger partial charge in [-0.25, -0.2) is 9.48 Å². The summed E-state index contributed by atoms with van der Waals surface area (Å²) in [6, 6.07) is 10.8. The van der Waals surface area contributed by atoms with Crippen LogP contribution in [0.5, 0.6) is 0 Å². The average molecular weight is 334 g/mol. The van der Waals surface area contributed by atoms with E-state index in [1.165, 1.54) is 5.56 Å². The van der Waals surface area contributed by atoms with Gasteiger partial charge >= 0.3 is 5.97 Å². The summed E-state index contributed by atoms with van der Waals surface area (Å²) in [6.45, 7) is 0.882. The van der Waals surface area contributed by atoms with Crippen LogP contribution in [0.4, 0.5) is 5.82 Å². The van der Waals surface area contributed by atoms with Crippen LogP contribution < -0.4 is 5.32 Å². The van der Waals surface area contributed by atoms with Crippen LogP contribution in [-0.2, 0) is 6.42 Å². The number of hydrogen-bond acceptors (Lipinski definition) is 4. The van der Waals surface area contributed by atoms with Crippen LogP contribution in [0.3, 0.4) is 0 Å². The highest BCUT2D eigenvalue weighted by molar-refractivity contribution is 5.88. The molecule has 0 saturated carbocycles. The lowest BCUT2D eigenvalue weighted by molar-refractivity contribution is 0.0697. The molecule has 1 aliphatic rings. The highest BCUT2D eigenvalue weighted by atomic mass is 16.4. The molecule has 0 unspecified atom stereocenters. The summed E-state index contributed by atoms with van der Waals surface area (Å²) < 4.78 is 1.82. The lowest BCUT2D eigenvalue weighted by Gasteiger charge is -2.09. The Morgan fingerprint density at radius 1 is 1.16 bits per heavy atom. The predicted octanol–water partition coefficient (Wildman–Crippen LogP) is 3.38. The predicted molar refractivity (Wildman–Crippen MR) is 95.2 cm³/mol. The Kier molecular flexibility index (Phi) is 3.93. The second kappa shape index (κ2) is 6.39. The highest BCUT2D eigenvalue weighted by Gasteiger charge is 2.22. The topological polar surface area (TPSA) is 80.0 Å². The number of aromatic carboxylic acids is 1. The Morgan fingerprint density at radius 2 is 2.00 bits per heavy atom. The van der Waals surface area contributed by atoms with E-state index in [1.807, 2.05) is 22.9 Å². The summed E-state index contributed by atoms with van der Waals surface area (Å²) in [6.07, 6.45) is 6.66. The molecule has 2 N–H and O–H groups in total. The zero-order valence-electron chi connectivity index (χ0n) is 13.6. The number of anilines is 1. The van der Waals surface area contributed by atoms with Crippen molar-refractivity contribution in [1.29, 1.82) is 0 Å². The molecule has 0 fully saturated rings. The zero-order valence-corrected chi connectivity index (χ0v) is 13.6. The van der Waals surface area contributed by atoms with Crippen molar-refractivity contribution in [2.45, 2.75) is 19.3 Å². The third-order valence-corrected chi connectivity index (χ3v) is 4.42. The van der Waals surface area contributed by atoms with E-state index in [2.05, 4.69) is 10.3 Å². The van der Waals surface area contributed by atoms with Crippen LogP contribution in [0.15, 0.2) is 48.8 Å². The van der Waals surface area contributed by atoms with Gasteiger partial charge in [-0.1, -0.05) is 6.07 Å². The van der Waals surface area contributed by atoms with Crippen LogP contribution in [0.2, 0.25) is 0 Å². The van der Waals surface area contributed by atoms with Crippen molar-refractivity contribution >= 4 is 11.8 Å². The van der Waals surface area contributed by atoms with Crippen LogP contribution in [0, 0.1) is 0 Å². The first-order valence-corrected chi connectivity index (χ1v) is 8.34. The number of pyridine rings is 1. The number of rotatable bonds is 3. The smallest absolute Gasteiger partial charge is 0.335 e. The van der Waals surface area contributed by atoms with Crippen molar-refractivity contribution in [3.8, 4) is 16.9 Å². The highest BCUT2D eigenvalue weighted by Crippen LogP contribution is 2.33. The molecule has 3 aromatic rings. The molecule has 6 nitrogen and oxygen atoms in total. The zero-order chi connectivity index (χ0) is 17.2. The molecule has 0 atom stereocenters. The summed E-state index contributed by atoms with van der Waals surface area (Å²) in [7, 11) is 0. The van der Waals surface area contributed by atoms with E-state index in [0.29, 0.717) is 0 Å². The molecule has 4 rings (SSSR count). The van der Waals surface area contributed by atoms with Gasteiger partial charge in [0, 0.05) is 30.1 Å². The van der Waals surface area contributed by atoms with E-state index in [-0.39, 0.29) is 5.56 Å². The molecule has 1 aliphatic heterocycles. The minimum absolute atomic E-state index is 0.251. The van der Waals surface area contributed by atoms with Crippen molar-refractivity contribution in [2.24, 2.45) is 0 Å². The number of benzene rings is 1. The molecule has 1 aromatic carbocycles. The van der Waals surface area contributed by atoms with Crippen molar-refractivity contribution < 1.29 is 9.90 Å². The van der Waals surface area contributed by atoms with Crippen molar-refractivity contribution in [3.63, 3.8) is 0 Å². The average Bonchev–Trinajstić information content (AvgIpc) is 2.83. The summed E-state index contributed by atoms with van der Waals surface area (Å²) in [5, 5.41) is 17.5. The van der Waals surface area contributed by atoms with Crippen LogP contribution in [0.25, 0.3) is 16.9 Å². The number of fused-ring (bicyclic) bond motifs is 1. The van der Waals surface area contributed by atoms with Crippen molar-refractivity contribution in [2.75, 3.05) is 11.9 Å². The number of carboxylic acids is 1. The molecule has 25 heavy (non-hydrogen) atoms. The van der Waals surface area contributed by atoms with Crippen molar-refractivity contribution in [1.82, 2.24) is 14.8 Å². The van der Waals surface area contributed by atoms with Gasteiger partial charge in [0.15, 0.2) is 0 Å². The third-order valence-electron chi connectivity index (χ3n) is 4.42. The van der Waals surface area contributed by atoms with Gasteiger partial charge in [0.25, 0.3) is 0 Å². The molecule has 0 bridgehead atoms. The molecule has 0 radical (unpaired) electrons. The molecule has 0 aliphatic carbocycles.